The lowest BCUT2D eigenvalue weighted by Gasteiger charge is -2.07. The summed E-state index contributed by atoms with van der Waals surface area (Å²) in [5.41, 5.74) is 2.14. The number of hydrogen-bond donors (Lipinski definition) is 1. The number of benzene rings is 2. The normalized spacial score (nSPS) is 10.6. The van der Waals surface area contributed by atoms with Gasteiger partial charge < -0.3 is 10.1 Å². The van der Waals surface area contributed by atoms with Gasteiger partial charge in [0.1, 0.15) is 5.75 Å². The standard InChI is InChI=1S/C19H17Cl2N3O2/c1-26-15-7-5-14(6-8-15)24-12-13(11-23-24)19(25)22-10-9-16-17(20)3-2-4-18(16)21/h2-8,11-12H,9-10H2,1H3,(H,22,25). The van der Waals surface area contributed by atoms with E-state index in [1.807, 2.05) is 24.3 Å². The van der Waals surface area contributed by atoms with E-state index in [9.17, 15) is 4.79 Å². The number of ether oxygens (including phenoxy) is 1. The summed E-state index contributed by atoms with van der Waals surface area (Å²) >= 11 is 12.3. The first-order valence-corrected chi connectivity index (χ1v) is 8.74. The number of halogens is 2. The molecule has 134 valence electrons. The molecule has 2 aromatic carbocycles. The van der Waals surface area contributed by atoms with Crippen LogP contribution in [-0.4, -0.2) is 29.3 Å². The lowest BCUT2D eigenvalue weighted by molar-refractivity contribution is 0.0954. The molecule has 0 radical (unpaired) electrons. The van der Waals surface area contributed by atoms with Crippen molar-refractivity contribution in [3.05, 3.63) is 76.0 Å². The number of carbonyl (C=O) groups is 1. The van der Waals surface area contributed by atoms with Gasteiger partial charge >= 0.3 is 0 Å². The topological polar surface area (TPSA) is 56.1 Å². The van der Waals surface area contributed by atoms with Gasteiger partial charge in [0.05, 0.1) is 24.6 Å². The molecule has 1 heterocycles. The van der Waals surface area contributed by atoms with E-state index < -0.39 is 0 Å². The van der Waals surface area contributed by atoms with Crippen molar-refractivity contribution in [2.75, 3.05) is 13.7 Å². The molecule has 0 atom stereocenters. The third-order valence-corrected chi connectivity index (χ3v) is 4.61. The van der Waals surface area contributed by atoms with Crippen LogP contribution in [0.1, 0.15) is 15.9 Å². The van der Waals surface area contributed by atoms with Gasteiger partial charge in [0, 0.05) is 22.8 Å². The van der Waals surface area contributed by atoms with Crippen LogP contribution in [0.3, 0.4) is 0 Å². The van der Waals surface area contributed by atoms with Crippen LogP contribution < -0.4 is 10.1 Å². The minimum absolute atomic E-state index is 0.201. The highest BCUT2D eigenvalue weighted by molar-refractivity contribution is 6.36. The molecule has 0 spiro atoms. The zero-order chi connectivity index (χ0) is 18.5. The maximum absolute atomic E-state index is 12.3. The summed E-state index contributed by atoms with van der Waals surface area (Å²) in [6.45, 7) is 0.427. The predicted molar refractivity (Wildman–Crippen MR) is 103 cm³/mol. The second-order valence-corrected chi connectivity index (χ2v) is 6.39. The molecule has 5 nitrogen and oxygen atoms in total. The van der Waals surface area contributed by atoms with Gasteiger partial charge in [0.25, 0.3) is 5.91 Å². The van der Waals surface area contributed by atoms with Crippen molar-refractivity contribution in [2.45, 2.75) is 6.42 Å². The number of methoxy groups -OCH3 is 1. The average molecular weight is 390 g/mol. The van der Waals surface area contributed by atoms with Gasteiger partial charge in [-0.25, -0.2) is 4.68 Å². The first kappa shape index (κ1) is 18.3. The fourth-order valence-electron chi connectivity index (χ4n) is 2.49. The molecule has 0 unspecified atom stereocenters. The summed E-state index contributed by atoms with van der Waals surface area (Å²) in [6, 6.07) is 12.8. The predicted octanol–water partition coefficient (Wildman–Crippen LogP) is 4.16. The minimum Gasteiger partial charge on any atom is -0.497 e. The van der Waals surface area contributed by atoms with Crippen LogP contribution in [0.25, 0.3) is 5.69 Å². The lowest BCUT2D eigenvalue weighted by atomic mass is 10.1. The molecule has 3 rings (SSSR count). The van der Waals surface area contributed by atoms with Crippen molar-refractivity contribution in [2.24, 2.45) is 0 Å². The molecule has 0 fully saturated rings. The molecule has 0 aliphatic carbocycles. The van der Waals surface area contributed by atoms with Gasteiger partial charge in [-0.1, -0.05) is 29.3 Å². The molecular weight excluding hydrogens is 373 g/mol. The number of aromatic nitrogens is 2. The molecule has 1 aromatic heterocycles. The fourth-order valence-corrected chi connectivity index (χ4v) is 3.08. The average Bonchev–Trinajstić information content (AvgIpc) is 3.14. The van der Waals surface area contributed by atoms with Crippen molar-refractivity contribution in [3.63, 3.8) is 0 Å². The highest BCUT2D eigenvalue weighted by Crippen LogP contribution is 2.24. The monoisotopic (exact) mass is 389 g/mol. The van der Waals surface area contributed by atoms with Crippen LogP contribution in [0.4, 0.5) is 0 Å². The fraction of sp³-hybridized carbons (Fsp3) is 0.158. The Labute approximate surface area is 161 Å². The molecule has 1 amide bonds. The molecule has 1 N–H and O–H groups in total. The highest BCUT2D eigenvalue weighted by atomic mass is 35.5. The highest BCUT2D eigenvalue weighted by Gasteiger charge is 2.11. The van der Waals surface area contributed by atoms with Crippen LogP contribution in [0.5, 0.6) is 5.75 Å². The van der Waals surface area contributed by atoms with Gasteiger partial charge in [-0.3, -0.25) is 4.79 Å². The Morgan fingerprint density at radius 3 is 2.50 bits per heavy atom. The zero-order valence-electron chi connectivity index (χ0n) is 14.1. The molecular formula is C19H17Cl2N3O2. The summed E-state index contributed by atoms with van der Waals surface area (Å²) in [6.07, 6.45) is 3.76. The molecule has 3 aromatic rings. The summed E-state index contributed by atoms with van der Waals surface area (Å²) < 4.78 is 6.77. The van der Waals surface area contributed by atoms with E-state index in [4.69, 9.17) is 27.9 Å². The third kappa shape index (κ3) is 4.18. The number of amides is 1. The maximum atomic E-state index is 12.3. The molecule has 0 aliphatic heterocycles. The second kappa shape index (κ2) is 8.25. The van der Waals surface area contributed by atoms with Crippen molar-refractivity contribution in [3.8, 4) is 11.4 Å². The SMILES string of the molecule is COc1ccc(-n2cc(C(=O)NCCc3c(Cl)cccc3Cl)cn2)cc1. The smallest absolute Gasteiger partial charge is 0.254 e. The summed E-state index contributed by atoms with van der Waals surface area (Å²) in [5, 5.41) is 8.28. The molecule has 26 heavy (non-hydrogen) atoms. The first-order chi connectivity index (χ1) is 12.6. The van der Waals surface area contributed by atoms with E-state index >= 15 is 0 Å². The number of carbonyl (C=O) groups excluding carboxylic acids is 1. The van der Waals surface area contributed by atoms with Gasteiger partial charge in [-0.15, -0.1) is 0 Å². The largest absolute Gasteiger partial charge is 0.497 e. The van der Waals surface area contributed by atoms with Crippen LogP contribution in [0.15, 0.2) is 54.9 Å². The van der Waals surface area contributed by atoms with Gasteiger partial charge in [-0.2, -0.15) is 5.10 Å². The Bertz CT molecular complexity index is 887. The number of hydrogen-bond acceptors (Lipinski definition) is 3. The second-order valence-electron chi connectivity index (χ2n) is 5.58. The lowest BCUT2D eigenvalue weighted by Crippen LogP contribution is -2.25. The van der Waals surface area contributed by atoms with E-state index in [0.717, 1.165) is 17.0 Å². The third-order valence-electron chi connectivity index (χ3n) is 3.90. The zero-order valence-corrected chi connectivity index (χ0v) is 15.6. The summed E-state index contributed by atoms with van der Waals surface area (Å²) in [4.78, 5) is 12.3. The van der Waals surface area contributed by atoms with E-state index in [0.29, 0.717) is 28.6 Å². The molecule has 0 bridgehead atoms. The van der Waals surface area contributed by atoms with Crippen molar-refractivity contribution in [1.29, 1.82) is 0 Å². The van der Waals surface area contributed by atoms with Crippen LogP contribution in [0.2, 0.25) is 10.0 Å². The Kier molecular flexibility index (Phi) is 5.81. The number of nitrogens with zero attached hydrogens (tertiary/aromatic N) is 2. The summed E-state index contributed by atoms with van der Waals surface area (Å²) in [7, 11) is 1.61. The van der Waals surface area contributed by atoms with Gasteiger partial charge in [0.15, 0.2) is 0 Å². The van der Waals surface area contributed by atoms with Gasteiger partial charge in [0.2, 0.25) is 0 Å². The quantitative estimate of drug-likeness (QED) is 0.688. The first-order valence-electron chi connectivity index (χ1n) is 7.98. The van der Waals surface area contributed by atoms with Crippen molar-refractivity contribution < 1.29 is 9.53 Å². The van der Waals surface area contributed by atoms with Crippen LogP contribution in [0, 0.1) is 0 Å². The van der Waals surface area contributed by atoms with E-state index in [1.54, 1.807) is 36.2 Å². The molecule has 0 saturated heterocycles. The number of nitrogens with one attached hydrogen (secondary N) is 1. The Balaban J connectivity index is 1.61. The number of rotatable bonds is 6. The Morgan fingerprint density at radius 2 is 1.85 bits per heavy atom. The van der Waals surface area contributed by atoms with E-state index in [2.05, 4.69) is 10.4 Å². The molecule has 0 saturated carbocycles. The molecule has 7 heteroatoms. The Hall–Kier alpha value is -2.50. The van der Waals surface area contributed by atoms with Crippen molar-refractivity contribution >= 4 is 29.1 Å². The van der Waals surface area contributed by atoms with Gasteiger partial charge in [-0.05, 0) is 48.4 Å². The van der Waals surface area contributed by atoms with E-state index in [-0.39, 0.29) is 5.91 Å². The van der Waals surface area contributed by atoms with Crippen molar-refractivity contribution in [1.82, 2.24) is 15.1 Å². The summed E-state index contributed by atoms with van der Waals surface area (Å²) in [5.74, 6) is 0.560. The maximum Gasteiger partial charge on any atom is 0.254 e. The van der Waals surface area contributed by atoms with Crippen LogP contribution in [-0.2, 0) is 6.42 Å². The minimum atomic E-state index is -0.201. The van der Waals surface area contributed by atoms with Crippen LogP contribution >= 0.6 is 23.2 Å². The Morgan fingerprint density at radius 1 is 1.15 bits per heavy atom. The van der Waals surface area contributed by atoms with E-state index in [1.165, 1.54) is 6.20 Å². The molecule has 0 aliphatic rings.